The first-order chi connectivity index (χ1) is 15.3. The number of phenols is 1. The quantitative estimate of drug-likeness (QED) is 0.248. The van der Waals surface area contributed by atoms with Crippen molar-refractivity contribution in [3.8, 4) is 17.2 Å². The van der Waals surface area contributed by atoms with Crippen molar-refractivity contribution in [3.05, 3.63) is 93.6 Å². The molecule has 2 N–H and O–H groups in total. The van der Waals surface area contributed by atoms with E-state index in [1.54, 1.807) is 30.3 Å². The summed E-state index contributed by atoms with van der Waals surface area (Å²) in [4.78, 5) is 24.2. The first kappa shape index (κ1) is 21.5. The van der Waals surface area contributed by atoms with Crippen molar-refractivity contribution in [1.29, 1.82) is 0 Å². The zero-order valence-corrected chi connectivity index (χ0v) is 17.8. The molecular formula is C24H14ClFO5S. The molecule has 0 aliphatic carbocycles. The fourth-order valence-corrected chi connectivity index (χ4v) is 4.41. The number of phenolic OH excluding ortho intramolecular Hbond substituents is 1. The second-order valence-corrected chi connectivity index (χ2v) is 8.20. The van der Waals surface area contributed by atoms with Crippen LogP contribution < -0.4 is 4.74 Å². The maximum atomic E-state index is 13.4. The third-order valence-corrected chi connectivity index (χ3v) is 5.97. The largest absolute Gasteiger partial charge is 0.508 e. The molecule has 160 valence electrons. The van der Waals surface area contributed by atoms with E-state index in [1.807, 2.05) is 0 Å². The summed E-state index contributed by atoms with van der Waals surface area (Å²) in [6, 6.07) is 14.8. The minimum atomic E-state index is -1.05. The second-order valence-electron chi connectivity index (χ2n) is 6.74. The molecule has 0 bridgehead atoms. The summed E-state index contributed by atoms with van der Waals surface area (Å²) >= 11 is 7.22. The van der Waals surface area contributed by atoms with E-state index < -0.39 is 17.6 Å². The van der Waals surface area contributed by atoms with E-state index in [9.17, 15) is 19.1 Å². The molecule has 0 atom stereocenters. The molecule has 0 saturated heterocycles. The van der Waals surface area contributed by atoms with Gasteiger partial charge >= 0.3 is 5.97 Å². The van der Waals surface area contributed by atoms with Gasteiger partial charge in [-0.25, -0.2) is 9.18 Å². The molecule has 3 aromatic carbocycles. The molecule has 4 rings (SSSR count). The Balaban J connectivity index is 1.76. The van der Waals surface area contributed by atoms with Gasteiger partial charge in [-0.1, -0.05) is 23.7 Å². The third kappa shape index (κ3) is 4.49. The Hall–Kier alpha value is -3.68. The van der Waals surface area contributed by atoms with Crippen molar-refractivity contribution in [3.63, 3.8) is 0 Å². The van der Waals surface area contributed by atoms with Gasteiger partial charge in [0.2, 0.25) is 5.78 Å². The molecule has 5 nitrogen and oxygen atoms in total. The van der Waals surface area contributed by atoms with Gasteiger partial charge in [0.15, 0.2) is 5.75 Å². The lowest BCUT2D eigenvalue weighted by Crippen LogP contribution is -2.02. The molecular weight excluding hydrogens is 455 g/mol. The standard InChI is InChI=1S/C24H14ClFO5S/c25-19-11-14(26)4-8-17(19)22(30)24-23(18-9-5-15(27)12-20(18)32-24)31-16-6-1-13(2-7-16)3-10-21(28)29/h1-12,27H,(H,28,29)/b10-3+. The van der Waals surface area contributed by atoms with E-state index in [0.29, 0.717) is 21.4 Å². The maximum Gasteiger partial charge on any atom is 0.328 e. The number of hydrogen-bond donors (Lipinski definition) is 2. The van der Waals surface area contributed by atoms with Crippen LogP contribution >= 0.6 is 22.9 Å². The van der Waals surface area contributed by atoms with Crippen molar-refractivity contribution in [2.24, 2.45) is 0 Å². The highest BCUT2D eigenvalue weighted by Gasteiger charge is 2.24. The molecule has 0 spiro atoms. The fourth-order valence-electron chi connectivity index (χ4n) is 3.04. The topological polar surface area (TPSA) is 83.8 Å². The van der Waals surface area contributed by atoms with Gasteiger partial charge in [-0.3, -0.25) is 4.79 Å². The van der Waals surface area contributed by atoms with Crippen LogP contribution in [0.5, 0.6) is 17.2 Å². The highest BCUT2D eigenvalue weighted by molar-refractivity contribution is 7.21. The summed E-state index contributed by atoms with van der Waals surface area (Å²) in [7, 11) is 0. The number of ether oxygens (including phenoxy) is 1. The van der Waals surface area contributed by atoms with Gasteiger partial charge < -0.3 is 14.9 Å². The Labute approximate surface area is 190 Å². The van der Waals surface area contributed by atoms with E-state index in [0.717, 1.165) is 29.5 Å². The van der Waals surface area contributed by atoms with Gasteiger partial charge in [0.1, 0.15) is 22.2 Å². The Morgan fingerprint density at radius 3 is 2.47 bits per heavy atom. The van der Waals surface area contributed by atoms with Gasteiger partial charge in [-0.2, -0.15) is 0 Å². The van der Waals surface area contributed by atoms with Crippen LogP contribution in [0.1, 0.15) is 20.8 Å². The fraction of sp³-hybridized carbons (Fsp3) is 0. The molecule has 1 heterocycles. The summed E-state index contributed by atoms with van der Waals surface area (Å²) in [5, 5.41) is 19.2. The summed E-state index contributed by atoms with van der Waals surface area (Å²) in [5.41, 5.74) is 0.789. The number of carbonyl (C=O) groups is 2. The number of ketones is 1. The van der Waals surface area contributed by atoms with Crippen LogP contribution in [-0.2, 0) is 4.79 Å². The summed E-state index contributed by atoms with van der Waals surface area (Å²) in [6.07, 6.45) is 2.47. The van der Waals surface area contributed by atoms with Crippen molar-refractivity contribution in [1.82, 2.24) is 0 Å². The van der Waals surface area contributed by atoms with Gasteiger partial charge in [0.05, 0.1) is 5.02 Å². The number of aromatic hydroxyl groups is 1. The molecule has 4 aromatic rings. The second kappa shape index (κ2) is 8.82. The Bertz CT molecular complexity index is 1380. The monoisotopic (exact) mass is 468 g/mol. The number of rotatable bonds is 6. The van der Waals surface area contributed by atoms with Crippen molar-refractivity contribution < 1.29 is 28.9 Å². The molecule has 0 aliphatic heterocycles. The molecule has 1 aromatic heterocycles. The number of halogens is 2. The summed E-state index contributed by atoms with van der Waals surface area (Å²) in [6.45, 7) is 0. The SMILES string of the molecule is O=C(O)/C=C/c1ccc(Oc2c(C(=O)c3ccc(F)cc3Cl)sc3cc(O)ccc23)cc1. The molecule has 0 fully saturated rings. The van der Waals surface area contributed by atoms with E-state index in [-0.39, 0.29) is 27.0 Å². The van der Waals surface area contributed by atoms with E-state index in [2.05, 4.69) is 0 Å². The number of carboxylic acids is 1. The van der Waals surface area contributed by atoms with Crippen LogP contribution in [0.4, 0.5) is 4.39 Å². The number of hydrogen-bond acceptors (Lipinski definition) is 5. The maximum absolute atomic E-state index is 13.4. The van der Waals surface area contributed by atoms with Gasteiger partial charge in [0.25, 0.3) is 0 Å². The summed E-state index contributed by atoms with van der Waals surface area (Å²) in [5.74, 6) is -1.30. The molecule has 8 heteroatoms. The zero-order valence-electron chi connectivity index (χ0n) is 16.2. The van der Waals surface area contributed by atoms with Crippen LogP contribution in [0.2, 0.25) is 5.02 Å². The van der Waals surface area contributed by atoms with Gasteiger partial charge in [-0.15, -0.1) is 11.3 Å². The Morgan fingerprint density at radius 1 is 1.03 bits per heavy atom. The highest BCUT2D eigenvalue weighted by atomic mass is 35.5. The normalized spacial score (nSPS) is 11.2. The average Bonchev–Trinajstić information content (AvgIpc) is 3.10. The molecule has 0 radical (unpaired) electrons. The molecule has 0 saturated carbocycles. The first-order valence-corrected chi connectivity index (χ1v) is 10.5. The Kier molecular flexibility index (Phi) is 5.94. The van der Waals surface area contributed by atoms with Crippen molar-refractivity contribution >= 4 is 50.9 Å². The summed E-state index contributed by atoms with van der Waals surface area (Å²) < 4.78 is 20.1. The predicted molar refractivity (Wildman–Crippen MR) is 122 cm³/mol. The zero-order chi connectivity index (χ0) is 22.8. The Morgan fingerprint density at radius 2 is 1.78 bits per heavy atom. The predicted octanol–water partition coefficient (Wildman–Crippen LogP) is 6.52. The van der Waals surface area contributed by atoms with Crippen LogP contribution in [-0.4, -0.2) is 22.0 Å². The number of benzene rings is 3. The number of fused-ring (bicyclic) bond motifs is 1. The van der Waals surface area contributed by atoms with Gasteiger partial charge in [0, 0.05) is 21.7 Å². The van der Waals surface area contributed by atoms with Crippen LogP contribution in [0, 0.1) is 5.82 Å². The molecule has 0 aliphatic rings. The highest BCUT2D eigenvalue weighted by Crippen LogP contribution is 2.43. The number of thiophene rings is 1. The number of aliphatic carboxylic acids is 1. The van der Waals surface area contributed by atoms with E-state index in [4.69, 9.17) is 21.4 Å². The third-order valence-electron chi connectivity index (χ3n) is 4.53. The van der Waals surface area contributed by atoms with Crippen LogP contribution in [0.3, 0.4) is 0 Å². The number of carbonyl (C=O) groups excluding carboxylic acids is 1. The minimum Gasteiger partial charge on any atom is -0.508 e. The smallest absolute Gasteiger partial charge is 0.328 e. The molecule has 0 amide bonds. The molecule has 0 unspecified atom stereocenters. The minimum absolute atomic E-state index is 0.0178. The van der Waals surface area contributed by atoms with Crippen molar-refractivity contribution in [2.75, 3.05) is 0 Å². The lowest BCUT2D eigenvalue weighted by Gasteiger charge is -2.09. The van der Waals surface area contributed by atoms with Crippen molar-refractivity contribution in [2.45, 2.75) is 0 Å². The average molecular weight is 469 g/mol. The van der Waals surface area contributed by atoms with E-state index in [1.165, 1.54) is 24.3 Å². The number of carboxylic acid groups (broad SMARTS) is 1. The first-order valence-electron chi connectivity index (χ1n) is 9.26. The lowest BCUT2D eigenvalue weighted by atomic mass is 10.1. The van der Waals surface area contributed by atoms with E-state index >= 15 is 0 Å². The van der Waals surface area contributed by atoms with Gasteiger partial charge in [-0.05, 0) is 60.2 Å². The van der Waals surface area contributed by atoms with Crippen LogP contribution in [0.25, 0.3) is 16.2 Å². The lowest BCUT2D eigenvalue weighted by molar-refractivity contribution is -0.131. The van der Waals surface area contributed by atoms with Crippen LogP contribution in [0.15, 0.2) is 66.7 Å². The molecule has 32 heavy (non-hydrogen) atoms.